The van der Waals surface area contributed by atoms with Crippen molar-refractivity contribution in [2.45, 2.75) is 6.42 Å². The van der Waals surface area contributed by atoms with Crippen molar-refractivity contribution in [2.24, 2.45) is 0 Å². The zero-order valence-electron chi connectivity index (χ0n) is 8.90. The van der Waals surface area contributed by atoms with E-state index < -0.39 is 11.7 Å². The molecule has 0 atom stereocenters. The van der Waals surface area contributed by atoms with Gasteiger partial charge in [-0.1, -0.05) is 6.07 Å². The first kappa shape index (κ1) is 10.9. The van der Waals surface area contributed by atoms with Crippen molar-refractivity contribution in [3.05, 3.63) is 29.6 Å². The average molecular weight is 225 g/mol. The van der Waals surface area contributed by atoms with Gasteiger partial charge < -0.3 is 4.74 Å². The monoisotopic (exact) mass is 225 g/mol. The standard InChI is InChI=1S/C11H12FNO3/c1-15-9-5-2-4-8(10(9)12)11(14)13-6-3-7-16-13/h2,4-5H,3,6-7H2,1H3. The Morgan fingerprint density at radius 3 is 3.00 bits per heavy atom. The second-order valence-corrected chi connectivity index (χ2v) is 3.42. The van der Waals surface area contributed by atoms with Crippen LogP contribution >= 0.6 is 0 Å². The van der Waals surface area contributed by atoms with E-state index in [4.69, 9.17) is 9.57 Å². The van der Waals surface area contributed by atoms with Crippen LogP contribution in [0.15, 0.2) is 18.2 Å². The molecule has 1 amide bonds. The molecule has 1 heterocycles. The predicted molar refractivity (Wildman–Crippen MR) is 54.6 cm³/mol. The summed E-state index contributed by atoms with van der Waals surface area (Å²) >= 11 is 0. The van der Waals surface area contributed by atoms with Gasteiger partial charge >= 0.3 is 0 Å². The Balaban J connectivity index is 2.29. The molecule has 1 aromatic rings. The molecule has 2 rings (SSSR count). The molecule has 0 bridgehead atoms. The highest BCUT2D eigenvalue weighted by Crippen LogP contribution is 2.22. The van der Waals surface area contributed by atoms with E-state index in [-0.39, 0.29) is 11.3 Å². The fourth-order valence-electron chi connectivity index (χ4n) is 1.58. The Hall–Kier alpha value is -1.62. The lowest BCUT2D eigenvalue weighted by Crippen LogP contribution is -2.27. The minimum atomic E-state index is -0.648. The van der Waals surface area contributed by atoms with Crippen molar-refractivity contribution in [1.82, 2.24) is 5.06 Å². The van der Waals surface area contributed by atoms with E-state index in [1.165, 1.54) is 24.3 Å². The molecule has 1 aromatic carbocycles. The third-order valence-corrected chi connectivity index (χ3v) is 2.39. The molecule has 86 valence electrons. The molecular weight excluding hydrogens is 213 g/mol. The van der Waals surface area contributed by atoms with Gasteiger partial charge in [0.05, 0.1) is 25.8 Å². The second-order valence-electron chi connectivity index (χ2n) is 3.42. The number of methoxy groups -OCH3 is 1. The summed E-state index contributed by atoms with van der Waals surface area (Å²) in [5.74, 6) is -1.05. The van der Waals surface area contributed by atoms with Crippen LogP contribution < -0.4 is 4.74 Å². The van der Waals surface area contributed by atoms with Gasteiger partial charge in [0.1, 0.15) is 0 Å². The fraction of sp³-hybridized carbons (Fsp3) is 0.364. The fourth-order valence-corrected chi connectivity index (χ4v) is 1.58. The van der Waals surface area contributed by atoms with E-state index in [9.17, 15) is 9.18 Å². The van der Waals surface area contributed by atoms with Gasteiger partial charge in [-0.2, -0.15) is 0 Å². The molecule has 0 aliphatic carbocycles. The van der Waals surface area contributed by atoms with E-state index in [2.05, 4.69) is 0 Å². The second kappa shape index (κ2) is 4.49. The van der Waals surface area contributed by atoms with Crippen molar-refractivity contribution < 1.29 is 18.8 Å². The first-order valence-electron chi connectivity index (χ1n) is 5.01. The summed E-state index contributed by atoms with van der Waals surface area (Å²) in [6.45, 7) is 0.993. The normalized spacial score (nSPS) is 15.2. The van der Waals surface area contributed by atoms with Gasteiger partial charge in [0.25, 0.3) is 5.91 Å². The molecule has 0 unspecified atom stereocenters. The van der Waals surface area contributed by atoms with E-state index in [1.54, 1.807) is 6.07 Å². The summed E-state index contributed by atoms with van der Waals surface area (Å²) in [5, 5.41) is 1.18. The predicted octanol–water partition coefficient (Wildman–Crippen LogP) is 1.61. The number of halogens is 1. The number of carbonyl (C=O) groups is 1. The third-order valence-electron chi connectivity index (χ3n) is 2.39. The van der Waals surface area contributed by atoms with Crippen LogP contribution in [-0.4, -0.2) is 31.2 Å². The maximum absolute atomic E-state index is 13.7. The number of nitrogens with zero attached hydrogens (tertiary/aromatic N) is 1. The van der Waals surface area contributed by atoms with E-state index in [0.717, 1.165) is 6.42 Å². The molecule has 0 spiro atoms. The smallest absolute Gasteiger partial charge is 0.280 e. The first-order valence-corrected chi connectivity index (χ1v) is 5.01. The summed E-state index contributed by atoms with van der Waals surface area (Å²) in [6, 6.07) is 4.46. The van der Waals surface area contributed by atoms with Crippen LogP contribution in [0.3, 0.4) is 0 Å². The summed E-state index contributed by atoms with van der Waals surface area (Å²) in [7, 11) is 1.36. The summed E-state index contributed by atoms with van der Waals surface area (Å²) in [4.78, 5) is 16.9. The van der Waals surface area contributed by atoms with Crippen LogP contribution in [-0.2, 0) is 4.84 Å². The summed E-state index contributed by atoms with van der Waals surface area (Å²) < 4.78 is 18.6. The van der Waals surface area contributed by atoms with Crippen LogP contribution in [0.2, 0.25) is 0 Å². The lowest BCUT2D eigenvalue weighted by Gasteiger charge is -2.14. The quantitative estimate of drug-likeness (QED) is 0.767. The van der Waals surface area contributed by atoms with Gasteiger partial charge in [0.2, 0.25) is 0 Å². The highest BCUT2D eigenvalue weighted by Gasteiger charge is 2.24. The number of hydroxylamine groups is 2. The van der Waals surface area contributed by atoms with Crippen molar-refractivity contribution in [3.8, 4) is 5.75 Å². The van der Waals surface area contributed by atoms with Crippen LogP contribution in [0.1, 0.15) is 16.8 Å². The zero-order chi connectivity index (χ0) is 11.5. The van der Waals surface area contributed by atoms with E-state index in [0.29, 0.717) is 13.2 Å². The summed E-state index contributed by atoms with van der Waals surface area (Å²) in [6.07, 6.45) is 0.775. The van der Waals surface area contributed by atoms with Gasteiger partial charge in [0.15, 0.2) is 11.6 Å². The molecule has 1 aliphatic heterocycles. The molecule has 0 radical (unpaired) electrons. The third kappa shape index (κ3) is 1.86. The Bertz CT molecular complexity index is 402. The lowest BCUT2D eigenvalue weighted by atomic mass is 10.2. The number of carbonyl (C=O) groups excluding carboxylic acids is 1. The Morgan fingerprint density at radius 1 is 1.56 bits per heavy atom. The van der Waals surface area contributed by atoms with Crippen molar-refractivity contribution in [1.29, 1.82) is 0 Å². The Kier molecular flexibility index (Phi) is 3.05. The number of hydrogen-bond acceptors (Lipinski definition) is 3. The van der Waals surface area contributed by atoms with Gasteiger partial charge in [-0.05, 0) is 18.6 Å². The van der Waals surface area contributed by atoms with Gasteiger partial charge in [-0.15, -0.1) is 0 Å². The molecule has 5 heteroatoms. The zero-order valence-corrected chi connectivity index (χ0v) is 8.90. The number of hydrogen-bond donors (Lipinski definition) is 0. The lowest BCUT2D eigenvalue weighted by molar-refractivity contribution is -0.0771. The van der Waals surface area contributed by atoms with Crippen molar-refractivity contribution >= 4 is 5.91 Å². The van der Waals surface area contributed by atoms with Crippen LogP contribution in [0, 0.1) is 5.82 Å². The molecule has 16 heavy (non-hydrogen) atoms. The van der Waals surface area contributed by atoms with E-state index >= 15 is 0 Å². The Labute approximate surface area is 92.5 Å². The van der Waals surface area contributed by atoms with Gasteiger partial charge in [-0.3, -0.25) is 9.63 Å². The van der Waals surface area contributed by atoms with Crippen molar-refractivity contribution in [2.75, 3.05) is 20.3 Å². The topological polar surface area (TPSA) is 38.8 Å². The molecular formula is C11H12FNO3. The summed E-state index contributed by atoms with van der Waals surface area (Å²) in [5.41, 5.74) is -0.0266. The molecule has 1 fully saturated rings. The minimum Gasteiger partial charge on any atom is -0.494 e. The molecule has 1 saturated heterocycles. The first-order chi connectivity index (χ1) is 7.74. The molecule has 0 saturated carbocycles. The van der Waals surface area contributed by atoms with Gasteiger partial charge in [-0.25, -0.2) is 9.45 Å². The number of amides is 1. The van der Waals surface area contributed by atoms with Crippen LogP contribution in [0.25, 0.3) is 0 Å². The maximum Gasteiger partial charge on any atom is 0.280 e. The van der Waals surface area contributed by atoms with Crippen molar-refractivity contribution in [3.63, 3.8) is 0 Å². The molecule has 1 aliphatic rings. The highest BCUT2D eigenvalue weighted by molar-refractivity contribution is 5.94. The average Bonchev–Trinajstić information content (AvgIpc) is 2.82. The maximum atomic E-state index is 13.7. The van der Waals surface area contributed by atoms with Crippen LogP contribution in [0.5, 0.6) is 5.75 Å². The number of benzene rings is 1. The number of ether oxygens (including phenoxy) is 1. The Morgan fingerprint density at radius 2 is 2.38 bits per heavy atom. The minimum absolute atomic E-state index is 0.0266. The number of rotatable bonds is 2. The SMILES string of the molecule is COc1cccc(C(=O)N2CCCO2)c1F. The molecule has 0 aromatic heterocycles. The highest BCUT2D eigenvalue weighted by atomic mass is 19.1. The van der Waals surface area contributed by atoms with E-state index in [1.807, 2.05) is 0 Å². The molecule has 0 N–H and O–H groups in total. The largest absolute Gasteiger partial charge is 0.494 e. The van der Waals surface area contributed by atoms with Crippen LogP contribution in [0.4, 0.5) is 4.39 Å². The van der Waals surface area contributed by atoms with Gasteiger partial charge in [0, 0.05) is 0 Å². The molecule has 4 nitrogen and oxygen atoms in total.